The van der Waals surface area contributed by atoms with E-state index in [9.17, 15) is 9.59 Å². The number of nitrogens with zero attached hydrogens (tertiary/aromatic N) is 1. The van der Waals surface area contributed by atoms with Crippen LogP contribution in [0.15, 0.2) is 0 Å². The zero-order chi connectivity index (χ0) is 9.72. The topological polar surface area (TPSA) is 94.9 Å². The summed E-state index contributed by atoms with van der Waals surface area (Å²) in [7, 11) is 0. The molecule has 0 aromatic heterocycles. The minimum Gasteiger partial charge on any atom is -0.469 e. The van der Waals surface area contributed by atoms with Crippen molar-refractivity contribution in [1.82, 2.24) is 5.06 Å². The molecular formula is C5H6ClNO5. The quantitative estimate of drug-likeness (QED) is 0.332. The van der Waals surface area contributed by atoms with Gasteiger partial charge in [-0.3, -0.25) is 14.8 Å². The molecule has 12 heavy (non-hydrogen) atoms. The Kier molecular flexibility index (Phi) is 4.24. The lowest BCUT2D eigenvalue weighted by atomic mass is 10.4. The molecule has 2 amide bonds. The molecule has 1 rings (SSSR count). The van der Waals surface area contributed by atoms with E-state index in [0.717, 1.165) is 0 Å². The summed E-state index contributed by atoms with van der Waals surface area (Å²) in [6, 6.07) is 0. The number of amides is 2. The number of hydrogen-bond donors (Lipinski definition) is 2. The lowest BCUT2D eigenvalue weighted by Crippen LogP contribution is -2.24. The average Bonchev–Trinajstić information content (AvgIpc) is 2.19. The predicted octanol–water partition coefficient (Wildman–Crippen LogP) is 0.428. The van der Waals surface area contributed by atoms with Crippen LogP contribution >= 0.6 is 11.6 Å². The third-order valence-corrected chi connectivity index (χ3v) is 1.03. The van der Waals surface area contributed by atoms with Crippen molar-refractivity contribution in [2.45, 2.75) is 12.8 Å². The lowest BCUT2D eigenvalue weighted by molar-refractivity contribution is -0.171. The zero-order valence-electron chi connectivity index (χ0n) is 5.86. The number of imide groups is 1. The number of carbonyl (C=O) groups is 3. The van der Waals surface area contributed by atoms with E-state index >= 15 is 0 Å². The van der Waals surface area contributed by atoms with Crippen LogP contribution in [0.3, 0.4) is 0 Å². The summed E-state index contributed by atoms with van der Waals surface area (Å²) < 4.78 is 0. The molecule has 1 aliphatic heterocycles. The number of hydroxylamine groups is 2. The Labute approximate surface area is 72.3 Å². The standard InChI is InChI=1S/C4H5NO3.CHClO2/c6-3-1-2-4(7)5(3)8;2-1(3)4/h8H,1-2H2;(H,3,4). The van der Waals surface area contributed by atoms with Gasteiger partial charge < -0.3 is 5.11 Å². The van der Waals surface area contributed by atoms with E-state index in [1.54, 1.807) is 0 Å². The Bertz CT molecular complexity index is 196. The van der Waals surface area contributed by atoms with Crippen LogP contribution in [0.5, 0.6) is 0 Å². The first-order chi connectivity index (χ1) is 5.45. The summed E-state index contributed by atoms with van der Waals surface area (Å²) in [5.41, 5.74) is -1.36. The number of halogens is 1. The van der Waals surface area contributed by atoms with Crippen molar-refractivity contribution in [2.24, 2.45) is 0 Å². The molecule has 6 nitrogen and oxygen atoms in total. The number of carbonyl (C=O) groups excluding carboxylic acids is 2. The van der Waals surface area contributed by atoms with Crippen LogP contribution in [0.2, 0.25) is 0 Å². The molecule has 2 N–H and O–H groups in total. The van der Waals surface area contributed by atoms with E-state index in [0.29, 0.717) is 0 Å². The van der Waals surface area contributed by atoms with Gasteiger partial charge in [0.2, 0.25) is 0 Å². The highest BCUT2D eigenvalue weighted by Gasteiger charge is 2.26. The highest BCUT2D eigenvalue weighted by molar-refractivity contribution is 6.60. The van der Waals surface area contributed by atoms with Crippen LogP contribution in [0.1, 0.15) is 12.8 Å². The summed E-state index contributed by atoms with van der Waals surface area (Å²) in [5, 5.41) is 15.7. The summed E-state index contributed by atoms with van der Waals surface area (Å²) in [5.74, 6) is -1.01. The van der Waals surface area contributed by atoms with Gasteiger partial charge in [0, 0.05) is 24.4 Å². The summed E-state index contributed by atoms with van der Waals surface area (Å²) in [6.07, 6.45) is 0.296. The Morgan fingerprint density at radius 2 is 1.58 bits per heavy atom. The van der Waals surface area contributed by atoms with Gasteiger partial charge in [0.05, 0.1) is 0 Å². The molecule has 0 aromatic carbocycles. The maximum Gasteiger partial charge on any atom is 0.401 e. The average molecular weight is 196 g/mol. The molecule has 0 saturated carbocycles. The van der Waals surface area contributed by atoms with Gasteiger partial charge in [0.25, 0.3) is 11.8 Å². The molecule has 1 aliphatic rings. The number of rotatable bonds is 0. The van der Waals surface area contributed by atoms with Crippen LogP contribution in [0, 0.1) is 0 Å². The van der Waals surface area contributed by atoms with Gasteiger partial charge in [-0.25, -0.2) is 4.79 Å². The van der Waals surface area contributed by atoms with Gasteiger partial charge in [-0.15, -0.1) is 0 Å². The molecule has 68 valence electrons. The molecule has 0 aliphatic carbocycles. The summed E-state index contributed by atoms with van der Waals surface area (Å²) >= 11 is 4.19. The van der Waals surface area contributed by atoms with Crippen molar-refractivity contribution in [2.75, 3.05) is 0 Å². The van der Waals surface area contributed by atoms with Gasteiger partial charge >= 0.3 is 5.43 Å². The van der Waals surface area contributed by atoms with Crippen molar-refractivity contribution in [3.05, 3.63) is 0 Å². The second kappa shape index (κ2) is 4.68. The number of hydrogen-bond acceptors (Lipinski definition) is 4. The highest BCUT2D eigenvalue weighted by Crippen LogP contribution is 2.06. The molecule has 0 spiro atoms. The van der Waals surface area contributed by atoms with Crippen LogP contribution < -0.4 is 0 Å². The molecule has 1 saturated heterocycles. The monoisotopic (exact) mass is 195 g/mol. The fourth-order valence-electron chi connectivity index (χ4n) is 0.565. The second-order valence-corrected chi connectivity index (χ2v) is 2.18. The van der Waals surface area contributed by atoms with Gasteiger partial charge in [-0.1, -0.05) is 0 Å². The van der Waals surface area contributed by atoms with Gasteiger partial charge in [-0.2, -0.15) is 5.06 Å². The molecule has 0 bridgehead atoms. The minimum absolute atomic E-state index is 0.148. The molecule has 0 unspecified atom stereocenters. The van der Waals surface area contributed by atoms with Crippen LogP contribution in [0.25, 0.3) is 0 Å². The van der Waals surface area contributed by atoms with Crippen molar-refractivity contribution in [1.29, 1.82) is 0 Å². The maximum atomic E-state index is 10.2. The maximum absolute atomic E-state index is 10.2. The molecule has 1 fully saturated rings. The Morgan fingerprint density at radius 1 is 1.33 bits per heavy atom. The molecule has 0 aromatic rings. The zero-order valence-corrected chi connectivity index (χ0v) is 6.61. The molecule has 0 atom stereocenters. The Hall–Kier alpha value is -1.14. The SMILES string of the molecule is O=C(O)Cl.O=C1CCC(=O)N1O. The smallest absolute Gasteiger partial charge is 0.401 e. The largest absolute Gasteiger partial charge is 0.469 e. The molecular weight excluding hydrogens is 190 g/mol. The number of carboxylic acid groups (broad SMARTS) is 1. The third kappa shape index (κ3) is 3.89. The molecule has 0 radical (unpaired) electrons. The summed E-state index contributed by atoms with van der Waals surface area (Å²) in [4.78, 5) is 29.2. The van der Waals surface area contributed by atoms with Crippen molar-refractivity contribution < 1.29 is 24.7 Å². The summed E-state index contributed by atoms with van der Waals surface area (Å²) in [6.45, 7) is 0. The predicted molar refractivity (Wildman–Crippen MR) is 36.8 cm³/mol. The van der Waals surface area contributed by atoms with Crippen LogP contribution in [-0.2, 0) is 9.59 Å². The van der Waals surface area contributed by atoms with E-state index < -0.39 is 17.2 Å². The van der Waals surface area contributed by atoms with E-state index in [4.69, 9.17) is 15.1 Å². The fourth-order valence-corrected chi connectivity index (χ4v) is 0.565. The van der Waals surface area contributed by atoms with E-state index in [2.05, 4.69) is 11.6 Å². The normalized spacial score (nSPS) is 15.7. The van der Waals surface area contributed by atoms with Crippen molar-refractivity contribution >= 4 is 28.8 Å². The van der Waals surface area contributed by atoms with Gasteiger partial charge in [0.1, 0.15) is 0 Å². The third-order valence-electron chi connectivity index (χ3n) is 1.03. The van der Waals surface area contributed by atoms with E-state index in [1.807, 2.05) is 0 Å². The lowest BCUT2D eigenvalue weighted by Gasteiger charge is -1.98. The Balaban J connectivity index is 0.000000261. The molecule has 7 heteroatoms. The van der Waals surface area contributed by atoms with E-state index in [1.165, 1.54) is 0 Å². The minimum atomic E-state index is -1.36. The van der Waals surface area contributed by atoms with Gasteiger partial charge in [0.15, 0.2) is 0 Å². The molecule has 1 heterocycles. The van der Waals surface area contributed by atoms with E-state index in [-0.39, 0.29) is 17.9 Å². The Morgan fingerprint density at radius 3 is 1.67 bits per heavy atom. The van der Waals surface area contributed by atoms with Gasteiger partial charge in [-0.05, 0) is 0 Å². The first-order valence-corrected chi connectivity index (χ1v) is 3.26. The highest BCUT2D eigenvalue weighted by atomic mass is 35.5. The van der Waals surface area contributed by atoms with Crippen LogP contribution in [-0.4, -0.2) is 32.6 Å². The van der Waals surface area contributed by atoms with Crippen LogP contribution in [0.4, 0.5) is 4.79 Å². The first-order valence-electron chi connectivity index (χ1n) is 2.88. The van der Waals surface area contributed by atoms with Crippen molar-refractivity contribution in [3.63, 3.8) is 0 Å². The first kappa shape index (κ1) is 10.9. The van der Waals surface area contributed by atoms with Crippen molar-refractivity contribution in [3.8, 4) is 0 Å². The second-order valence-electron chi connectivity index (χ2n) is 1.85. The fraction of sp³-hybridized carbons (Fsp3) is 0.400.